The summed E-state index contributed by atoms with van der Waals surface area (Å²) in [4.78, 5) is 0. The molecule has 0 spiro atoms. The monoisotopic (exact) mass is 152 g/mol. The number of aliphatic hydroxyl groups is 1. The number of allylic oxidation sites excluding steroid dienone is 1. The normalized spacial score (nSPS) is 52.0. The summed E-state index contributed by atoms with van der Waals surface area (Å²) in [6.07, 6.45) is 5.35. The van der Waals surface area contributed by atoms with Gasteiger partial charge in [0.1, 0.15) is 0 Å². The molecule has 0 aromatic carbocycles. The first-order valence-corrected chi connectivity index (χ1v) is 4.35. The Hall–Kier alpha value is -0.300. The summed E-state index contributed by atoms with van der Waals surface area (Å²) in [7, 11) is 0. The van der Waals surface area contributed by atoms with Gasteiger partial charge < -0.3 is 5.11 Å². The van der Waals surface area contributed by atoms with Crippen LogP contribution in [0.15, 0.2) is 12.2 Å². The van der Waals surface area contributed by atoms with Crippen LogP contribution in [-0.4, -0.2) is 11.2 Å². The van der Waals surface area contributed by atoms with Crippen molar-refractivity contribution in [1.82, 2.24) is 0 Å². The molecule has 1 heteroatoms. The maximum absolute atomic E-state index is 9.56. The smallest absolute Gasteiger partial charge is 0.0634 e. The van der Waals surface area contributed by atoms with Gasteiger partial charge in [-0.1, -0.05) is 32.9 Å². The molecule has 0 unspecified atom stereocenters. The second-order valence-corrected chi connectivity index (χ2v) is 4.82. The Bertz CT molecular complexity index is 217. The first-order chi connectivity index (χ1) is 4.97. The molecule has 0 saturated heterocycles. The van der Waals surface area contributed by atoms with Gasteiger partial charge in [-0.25, -0.2) is 0 Å². The summed E-state index contributed by atoms with van der Waals surface area (Å²) < 4.78 is 0. The molecule has 0 heterocycles. The van der Waals surface area contributed by atoms with E-state index in [0.717, 1.165) is 6.42 Å². The minimum absolute atomic E-state index is 0.0921. The molecule has 2 rings (SSSR count). The lowest BCUT2D eigenvalue weighted by atomic mass is 9.55. The van der Waals surface area contributed by atoms with Gasteiger partial charge in [-0.2, -0.15) is 0 Å². The zero-order valence-corrected chi connectivity index (χ0v) is 7.46. The van der Waals surface area contributed by atoms with Crippen LogP contribution in [0.5, 0.6) is 0 Å². The van der Waals surface area contributed by atoms with Gasteiger partial charge in [0.25, 0.3) is 0 Å². The van der Waals surface area contributed by atoms with Crippen LogP contribution in [0.25, 0.3) is 0 Å². The fourth-order valence-electron chi connectivity index (χ4n) is 2.65. The highest BCUT2D eigenvalue weighted by Crippen LogP contribution is 2.60. The lowest BCUT2D eigenvalue weighted by Crippen LogP contribution is -2.51. The molecular formula is C10H16O. The number of aliphatic hydroxyl groups excluding tert-OH is 1. The Morgan fingerprint density at radius 2 is 1.91 bits per heavy atom. The van der Waals surface area contributed by atoms with Crippen LogP contribution >= 0.6 is 0 Å². The van der Waals surface area contributed by atoms with Crippen LogP contribution in [0.3, 0.4) is 0 Å². The van der Waals surface area contributed by atoms with E-state index < -0.39 is 0 Å². The molecule has 0 aliphatic heterocycles. The van der Waals surface area contributed by atoms with E-state index in [1.54, 1.807) is 0 Å². The quantitative estimate of drug-likeness (QED) is 0.526. The number of hydrogen-bond donors (Lipinski definition) is 1. The molecule has 0 aromatic heterocycles. The van der Waals surface area contributed by atoms with Crippen molar-refractivity contribution in [2.45, 2.75) is 33.3 Å². The Labute approximate surface area is 68.1 Å². The SMILES string of the molecule is CC1(C)C=C[C@@]2(C)[C@@H]1C[C@@H]2O. The van der Waals surface area contributed by atoms with Gasteiger partial charge in [0.05, 0.1) is 6.10 Å². The molecule has 0 bridgehead atoms. The first kappa shape index (κ1) is 7.35. The van der Waals surface area contributed by atoms with Crippen molar-refractivity contribution in [3.63, 3.8) is 0 Å². The van der Waals surface area contributed by atoms with E-state index in [1.807, 2.05) is 0 Å². The standard InChI is InChI=1S/C10H16O/c1-9(2)4-5-10(3)7(9)6-8(10)11/h4-5,7-8,11H,6H2,1-3H3/t7-,8+,10+/m1/s1. The molecule has 1 N–H and O–H groups in total. The third kappa shape index (κ3) is 0.698. The molecule has 11 heavy (non-hydrogen) atoms. The van der Waals surface area contributed by atoms with Crippen molar-refractivity contribution in [3.05, 3.63) is 12.2 Å². The zero-order valence-electron chi connectivity index (χ0n) is 7.46. The van der Waals surface area contributed by atoms with E-state index in [1.165, 1.54) is 0 Å². The average molecular weight is 152 g/mol. The molecule has 1 fully saturated rings. The summed E-state index contributed by atoms with van der Waals surface area (Å²) in [5.74, 6) is 0.671. The van der Waals surface area contributed by atoms with Crippen LogP contribution in [0, 0.1) is 16.7 Å². The fraction of sp³-hybridized carbons (Fsp3) is 0.800. The topological polar surface area (TPSA) is 20.2 Å². The molecule has 0 amide bonds. The van der Waals surface area contributed by atoms with E-state index in [-0.39, 0.29) is 11.5 Å². The Kier molecular flexibility index (Phi) is 1.15. The van der Waals surface area contributed by atoms with Gasteiger partial charge in [-0.05, 0) is 17.8 Å². The number of hydrogen-bond acceptors (Lipinski definition) is 1. The summed E-state index contributed by atoms with van der Waals surface area (Å²) in [6.45, 7) is 6.67. The van der Waals surface area contributed by atoms with E-state index in [4.69, 9.17) is 0 Å². The third-order valence-corrected chi connectivity index (χ3v) is 3.70. The van der Waals surface area contributed by atoms with E-state index in [2.05, 4.69) is 32.9 Å². The Balaban J connectivity index is 2.30. The van der Waals surface area contributed by atoms with Crippen molar-refractivity contribution in [3.8, 4) is 0 Å². The molecule has 0 radical (unpaired) electrons. The average Bonchev–Trinajstić information content (AvgIpc) is 2.10. The predicted molar refractivity (Wildman–Crippen MR) is 45.1 cm³/mol. The van der Waals surface area contributed by atoms with Crippen LogP contribution in [-0.2, 0) is 0 Å². The summed E-state index contributed by atoms with van der Waals surface area (Å²) >= 11 is 0. The van der Waals surface area contributed by atoms with Crippen molar-refractivity contribution in [2.75, 3.05) is 0 Å². The highest BCUT2D eigenvalue weighted by atomic mass is 16.3. The highest BCUT2D eigenvalue weighted by Gasteiger charge is 2.57. The Morgan fingerprint density at radius 1 is 1.27 bits per heavy atom. The summed E-state index contributed by atoms with van der Waals surface area (Å²) in [6, 6.07) is 0. The maximum Gasteiger partial charge on any atom is 0.0634 e. The number of rotatable bonds is 0. The largest absolute Gasteiger partial charge is 0.392 e. The highest BCUT2D eigenvalue weighted by molar-refractivity contribution is 5.25. The van der Waals surface area contributed by atoms with Crippen molar-refractivity contribution in [1.29, 1.82) is 0 Å². The van der Waals surface area contributed by atoms with Crippen LogP contribution in [0.4, 0.5) is 0 Å². The summed E-state index contributed by atoms with van der Waals surface area (Å²) in [5, 5.41) is 9.56. The summed E-state index contributed by atoms with van der Waals surface area (Å²) in [5.41, 5.74) is 0.414. The lowest BCUT2D eigenvalue weighted by molar-refractivity contribution is -0.100. The molecule has 3 atom stereocenters. The maximum atomic E-state index is 9.56. The van der Waals surface area contributed by atoms with Crippen molar-refractivity contribution < 1.29 is 5.11 Å². The van der Waals surface area contributed by atoms with Gasteiger partial charge in [0, 0.05) is 5.41 Å². The predicted octanol–water partition coefficient (Wildman–Crippen LogP) is 1.97. The number of fused-ring (bicyclic) bond motifs is 1. The molecule has 2 aliphatic carbocycles. The van der Waals surface area contributed by atoms with E-state index >= 15 is 0 Å². The minimum Gasteiger partial charge on any atom is -0.392 e. The minimum atomic E-state index is -0.0921. The van der Waals surface area contributed by atoms with Crippen molar-refractivity contribution >= 4 is 0 Å². The van der Waals surface area contributed by atoms with Gasteiger partial charge in [-0.3, -0.25) is 0 Å². The Morgan fingerprint density at radius 3 is 2.27 bits per heavy atom. The molecule has 1 nitrogen and oxygen atoms in total. The molecule has 1 saturated carbocycles. The van der Waals surface area contributed by atoms with Crippen LogP contribution in [0.1, 0.15) is 27.2 Å². The fourth-order valence-corrected chi connectivity index (χ4v) is 2.65. The second-order valence-electron chi connectivity index (χ2n) is 4.82. The third-order valence-electron chi connectivity index (χ3n) is 3.70. The molecule has 62 valence electrons. The van der Waals surface area contributed by atoms with Crippen molar-refractivity contribution in [2.24, 2.45) is 16.7 Å². The van der Waals surface area contributed by atoms with E-state index in [9.17, 15) is 5.11 Å². The molecule has 2 aliphatic rings. The second kappa shape index (κ2) is 1.71. The van der Waals surface area contributed by atoms with E-state index in [0.29, 0.717) is 11.3 Å². The zero-order chi connectivity index (χ0) is 8.28. The first-order valence-electron chi connectivity index (χ1n) is 4.35. The van der Waals surface area contributed by atoms with Crippen LogP contribution < -0.4 is 0 Å². The van der Waals surface area contributed by atoms with Gasteiger partial charge in [-0.15, -0.1) is 0 Å². The molecule has 0 aromatic rings. The van der Waals surface area contributed by atoms with Gasteiger partial charge >= 0.3 is 0 Å². The van der Waals surface area contributed by atoms with Gasteiger partial charge in [0.2, 0.25) is 0 Å². The van der Waals surface area contributed by atoms with Crippen LogP contribution in [0.2, 0.25) is 0 Å². The lowest BCUT2D eigenvalue weighted by Gasteiger charge is -2.51. The van der Waals surface area contributed by atoms with Gasteiger partial charge in [0.15, 0.2) is 0 Å². The molecular weight excluding hydrogens is 136 g/mol.